The van der Waals surface area contributed by atoms with Crippen molar-refractivity contribution in [2.45, 2.75) is 19.5 Å². The van der Waals surface area contributed by atoms with Gasteiger partial charge in [-0.1, -0.05) is 6.92 Å². The molecule has 0 radical (unpaired) electrons. The van der Waals surface area contributed by atoms with Gasteiger partial charge >= 0.3 is 6.18 Å². The summed E-state index contributed by atoms with van der Waals surface area (Å²) in [6.07, 6.45) is -3.65. The molecule has 21 heavy (non-hydrogen) atoms. The zero-order chi connectivity index (χ0) is 15.5. The van der Waals surface area contributed by atoms with Gasteiger partial charge in [-0.3, -0.25) is 0 Å². The summed E-state index contributed by atoms with van der Waals surface area (Å²) in [4.78, 5) is 5.17. The molecular weight excluding hydrogens is 299 g/mol. The molecule has 0 bridgehead atoms. The maximum absolute atomic E-state index is 13.0. The fourth-order valence-electron chi connectivity index (χ4n) is 1.70. The quantitative estimate of drug-likeness (QED) is 0.903. The largest absolute Gasteiger partial charge is 0.416 e. The molecule has 0 spiro atoms. The second-order valence-electron chi connectivity index (χ2n) is 4.33. The lowest BCUT2D eigenvalue weighted by Gasteiger charge is -2.11. The maximum atomic E-state index is 13.0. The third kappa shape index (κ3) is 3.73. The van der Waals surface area contributed by atoms with Gasteiger partial charge in [-0.25, -0.2) is 4.98 Å². The van der Waals surface area contributed by atoms with Crippen LogP contribution < -0.4 is 5.32 Å². The summed E-state index contributed by atoms with van der Waals surface area (Å²) in [6, 6.07) is 7.14. The zero-order valence-corrected chi connectivity index (χ0v) is 12.0. The highest BCUT2D eigenvalue weighted by Gasteiger charge is 2.31. The van der Waals surface area contributed by atoms with E-state index >= 15 is 0 Å². The van der Waals surface area contributed by atoms with E-state index in [1.54, 1.807) is 12.1 Å². The number of hydrogen-bond donors (Lipinski definition) is 1. The molecule has 7 heteroatoms. The van der Waals surface area contributed by atoms with Crippen molar-refractivity contribution >= 4 is 17.2 Å². The molecule has 0 fully saturated rings. The van der Waals surface area contributed by atoms with Crippen molar-refractivity contribution in [1.82, 2.24) is 4.98 Å². The molecule has 0 aliphatic rings. The number of thiophene rings is 1. The van der Waals surface area contributed by atoms with E-state index in [9.17, 15) is 13.2 Å². The predicted molar refractivity (Wildman–Crippen MR) is 76.0 cm³/mol. The summed E-state index contributed by atoms with van der Waals surface area (Å²) in [7, 11) is 0. The molecule has 0 aliphatic heterocycles. The van der Waals surface area contributed by atoms with Gasteiger partial charge in [0.05, 0.1) is 16.1 Å². The van der Waals surface area contributed by atoms with E-state index in [1.165, 1.54) is 0 Å². The van der Waals surface area contributed by atoms with Crippen LogP contribution in [0.3, 0.4) is 0 Å². The number of nitriles is 1. The number of pyridine rings is 1. The van der Waals surface area contributed by atoms with Crippen molar-refractivity contribution in [3.05, 3.63) is 34.7 Å². The van der Waals surface area contributed by atoms with Crippen LogP contribution in [0.25, 0.3) is 10.6 Å². The first-order chi connectivity index (χ1) is 9.94. The van der Waals surface area contributed by atoms with E-state index in [-0.39, 0.29) is 11.5 Å². The molecule has 0 amide bonds. The molecule has 3 nitrogen and oxygen atoms in total. The van der Waals surface area contributed by atoms with Gasteiger partial charge in [-0.15, -0.1) is 11.3 Å². The zero-order valence-electron chi connectivity index (χ0n) is 11.2. The Morgan fingerprint density at radius 3 is 2.67 bits per heavy atom. The topological polar surface area (TPSA) is 48.7 Å². The van der Waals surface area contributed by atoms with Gasteiger partial charge in [0.25, 0.3) is 0 Å². The molecule has 2 heterocycles. The Bertz CT molecular complexity index is 671. The first kappa shape index (κ1) is 15.3. The molecule has 110 valence electrons. The fraction of sp³-hybridized carbons (Fsp3) is 0.286. The van der Waals surface area contributed by atoms with Crippen molar-refractivity contribution in [2.24, 2.45) is 0 Å². The Kier molecular flexibility index (Phi) is 4.48. The Morgan fingerprint density at radius 1 is 1.33 bits per heavy atom. The second kappa shape index (κ2) is 6.14. The summed E-state index contributed by atoms with van der Waals surface area (Å²) in [5.41, 5.74) is -0.534. The lowest BCUT2D eigenvalue weighted by molar-refractivity contribution is -0.137. The standard InChI is InChI=1S/C14H12F3N3S/c1-2-5-19-13-7-9(14(15,16)17)6-11(20-13)12-4-3-10(8-18)21-12/h3-4,6-7H,2,5H2,1H3,(H,19,20). The molecule has 0 atom stereocenters. The second-order valence-corrected chi connectivity index (χ2v) is 5.41. The SMILES string of the molecule is CCCNc1cc(C(F)(F)F)cc(-c2ccc(C#N)s2)n1. The maximum Gasteiger partial charge on any atom is 0.416 e. The van der Waals surface area contributed by atoms with Crippen LogP contribution >= 0.6 is 11.3 Å². The van der Waals surface area contributed by atoms with Gasteiger partial charge in [-0.05, 0) is 30.7 Å². The molecule has 1 N–H and O–H groups in total. The number of anilines is 1. The number of nitrogens with one attached hydrogen (secondary N) is 1. The van der Waals surface area contributed by atoms with Crippen molar-refractivity contribution in [1.29, 1.82) is 5.26 Å². The normalized spacial score (nSPS) is 11.2. The number of rotatable bonds is 4. The van der Waals surface area contributed by atoms with Crippen molar-refractivity contribution < 1.29 is 13.2 Å². The number of hydrogen-bond acceptors (Lipinski definition) is 4. The monoisotopic (exact) mass is 311 g/mol. The number of halogens is 3. The number of alkyl halides is 3. The van der Waals surface area contributed by atoms with Gasteiger partial charge in [0.2, 0.25) is 0 Å². The van der Waals surface area contributed by atoms with Crippen LogP contribution in [-0.4, -0.2) is 11.5 Å². The summed E-state index contributed by atoms with van der Waals surface area (Å²) < 4.78 is 38.9. The highest BCUT2D eigenvalue weighted by molar-refractivity contribution is 7.15. The summed E-state index contributed by atoms with van der Waals surface area (Å²) >= 11 is 1.12. The average Bonchev–Trinajstić information content (AvgIpc) is 2.93. The highest BCUT2D eigenvalue weighted by Crippen LogP contribution is 2.35. The van der Waals surface area contributed by atoms with Crippen LogP contribution in [0.15, 0.2) is 24.3 Å². The molecule has 2 aromatic rings. The van der Waals surface area contributed by atoms with E-state index < -0.39 is 11.7 Å². The van der Waals surface area contributed by atoms with Crippen LogP contribution in [-0.2, 0) is 6.18 Å². The summed E-state index contributed by atoms with van der Waals surface area (Å²) in [5.74, 6) is 0.189. The molecule has 2 aromatic heterocycles. The molecule has 0 unspecified atom stereocenters. The minimum atomic E-state index is -4.43. The minimum Gasteiger partial charge on any atom is -0.370 e. The lowest BCUT2D eigenvalue weighted by atomic mass is 10.2. The third-order valence-electron chi connectivity index (χ3n) is 2.68. The average molecular weight is 311 g/mol. The van der Waals surface area contributed by atoms with E-state index in [2.05, 4.69) is 10.3 Å². The van der Waals surface area contributed by atoms with E-state index in [0.717, 1.165) is 29.9 Å². The Labute approximate surface area is 124 Å². The van der Waals surface area contributed by atoms with E-state index in [0.29, 0.717) is 16.3 Å². The Hall–Kier alpha value is -2.07. The van der Waals surface area contributed by atoms with E-state index in [4.69, 9.17) is 5.26 Å². The van der Waals surface area contributed by atoms with Crippen LogP contribution in [0.2, 0.25) is 0 Å². The smallest absolute Gasteiger partial charge is 0.370 e. The Balaban J connectivity index is 2.46. The van der Waals surface area contributed by atoms with Gasteiger partial charge in [0.1, 0.15) is 16.8 Å². The molecule has 0 saturated carbocycles. The Morgan fingerprint density at radius 2 is 2.10 bits per heavy atom. The highest BCUT2D eigenvalue weighted by atomic mass is 32.1. The third-order valence-corrected chi connectivity index (χ3v) is 3.69. The molecule has 0 saturated heterocycles. The van der Waals surface area contributed by atoms with Crippen molar-refractivity contribution in [3.63, 3.8) is 0 Å². The fourth-order valence-corrected chi connectivity index (χ4v) is 2.46. The lowest BCUT2D eigenvalue weighted by Crippen LogP contribution is -2.09. The van der Waals surface area contributed by atoms with Crippen molar-refractivity contribution in [2.75, 3.05) is 11.9 Å². The first-order valence-corrected chi connectivity index (χ1v) is 7.09. The van der Waals surface area contributed by atoms with Crippen LogP contribution in [0.5, 0.6) is 0 Å². The van der Waals surface area contributed by atoms with Gasteiger partial charge in [-0.2, -0.15) is 18.4 Å². The number of nitrogens with zero attached hydrogens (tertiary/aromatic N) is 2. The van der Waals surface area contributed by atoms with Crippen LogP contribution in [0.4, 0.5) is 19.0 Å². The molecule has 0 aliphatic carbocycles. The van der Waals surface area contributed by atoms with Gasteiger partial charge < -0.3 is 5.32 Å². The number of aromatic nitrogens is 1. The van der Waals surface area contributed by atoms with Gasteiger partial charge in [0, 0.05) is 6.54 Å². The predicted octanol–water partition coefficient (Wildman–Crippen LogP) is 4.52. The summed E-state index contributed by atoms with van der Waals surface area (Å²) in [6.45, 7) is 2.46. The minimum absolute atomic E-state index is 0.189. The molecule has 0 aromatic carbocycles. The van der Waals surface area contributed by atoms with Gasteiger partial charge in [0.15, 0.2) is 0 Å². The summed E-state index contributed by atoms with van der Waals surface area (Å²) in [5, 5.41) is 11.7. The molecular formula is C14H12F3N3S. The van der Waals surface area contributed by atoms with Crippen LogP contribution in [0.1, 0.15) is 23.8 Å². The first-order valence-electron chi connectivity index (χ1n) is 6.27. The van der Waals surface area contributed by atoms with Crippen molar-refractivity contribution in [3.8, 4) is 16.6 Å². The van der Waals surface area contributed by atoms with E-state index in [1.807, 2.05) is 13.0 Å². The van der Waals surface area contributed by atoms with Crippen LogP contribution in [0, 0.1) is 11.3 Å². The molecule has 2 rings (SSSR count).